The topological polar surface area (TPSA) is 45.2 Å². The second-order valence-corrected chi connectivity index (χ2v) is 6.99. The highest BCUT2D eigenvalue weighted by Crippen LogP contribution is 2.30. The van der Waals surface area contributed by atoms with Gasteiger partial charge in [-0.15, -0.1) is 11.3 Å². The van der Waals surface area contributed by atoms with Gasteiger partial charge in [0.1, 0.15) is 0 Å². The first kappa shape index (κ1) is 15.4. The van der Waals surface area contributed by atoms with E-state index in [4.69, 9.17) is 0 Å². The van der Waals surface area contributed by atoms with Crippen LogP contribution in [0.1, 0.15) is 36.3 Å². The minimum Gasteiger partial charge on any atom is -0.351 e. The van der Waals surface area contributed by atoms with Crippen LogP contribution in [0.25, 0.3) is 5.57 Å². The van der Waals surface area contributed by atoms with Crippen molar-refractivity contribution in [3.05, 3.63) is 33.8 Å². The first-order chi connectivity index (χ1) is 10.6. The van der Waals surface area contributed by atoms with E-state index in [0.717, 1.165) is 37.9 Å². The van der Waals surface area contributed by atoms with Gasteiger partial charge in [0.05, 0.1) is 22.1 Å². The Kier molecular flexibility index (Phi) is 4.74. The number of nitrogens with zero attached hydrogens (tertiary/aromatic N) is 2. The van der Waals surface area contributed by atoms with Gasteiger partial charge in [0.25, 0.3) is 0 Å². The molecule has 1 aromatic heterocycles. The molecule has 1 atom stereocenters. The Labute approximate surface area is 135 Å². The third-order valence-electron chi connectivity index (χ3n) is 4.59. The highest BCUT2D eigenvalue weighted by molar-refractivity contribution is 7.10. The highest BCUT2D eigenvalue weighted by Gasteiger charge is 2.27. The van der Waals surface area contributed by atoms with Gasteiger partial charge in [-0.25, -0.2) is 4.98 Å². The van der Waals surface area contributed by atoms with Crippen molar-refractivity contribution in [2.75, 3.05) is 20.1 Å². The van der Waals surface area contributed by atoms with E-state index in [1.54, 1.807) is 11.3 Å². The number of hydrogen-bond donors (Lipinski definition) is 1. The maximum atomic E-state index is 12.2. The Morgan fingerprint density at radius 3 is 2.91 bits per heavy atom. The number of nitrogens with one attached hydrogen (secondary N) is 1. The summed E-state index contributed by atoms with van der Waals surface area (Å²) in [6, 6.07) is 0.0649. The molecule has 1 aromatic rings. The van der Waals surface area contributed by atoms with Gasteiger partial charge in [-0.3, -0.25) is 9.69 Å². The van der Waals surface area contributed by atoms with Crippen LogP contribution in [0.2, 0.25) is 0 Å². The zero-order valence-electron chi connectivity index (χ0n) is 13.3. The van der Waals surface area contributed by atoms with Crippen molar-refractivity contribution in [2.24, 2.45) is 0 Å². The molecule has 0 spiro atoms. The van der Waals surface area contributed by atoms with Crippen LogP contribution < -0.4 is 5.32 Å². The van der Waals surface area contributed by atoms with Crippen LogP contribution in [0.15, 0.2) is 23.2 Å². The van der Waals surface area contributed by atoms with Gasteiger partial charge in [-0.2, -0.15) is 0 Å². The molecule has 2 heterocycles. The van der Waals surface area contributed by atoms with Crippen LogP contribution in [0, 0.1) is 6.92 Å². The summed E-state index contributed by atoms with van der Waals surface area (Å²) < 4.78 is 0. The van der Waals surface area contributed by atoms with Crippen LogP contribution in [-0.4, -0.2) is 42.0 Å². The van der Waals surface area contributed by atoms with Gasteiger partial charge >= 0.3 is 0 Å². The third-order valence-corrected chi connectivity index (χ3v) is 5.59. The Morgan fingerprint density at radius 2 is 2.32 bits per heavy atom. The number of allylic oxidation sites excluding steroid dienone is 3. The van der Waals surface area contributed by atoms with Gasteiger partial charge in [0, 0.05) is 6.54 Å². The van der Waals surface area contributed by atoms with E-state index in [9.17, 15) is 4.79 Å². The molecule has 0 aromatic carbocycles. The number of carbonyl (C=O) groups is 1. The maximum Gasteiger partial charge on any atom is 0.237 e. The van der Waals surface area contributed by atoms with E-state index in [1.807, 2.05) is 12.6 Å². The number of likely N-dealkylation sites (tertiary alicyclic amines) is 1. The number of carbonyl (C=O) groups excluding carboxylic acids is 1. The molecule has 3 rings (SSSR count). The molecule has 1 fully saturated rings. The van der Waals surface area contributed by atoms with Crippen molar-refractivity contribution < 1.29 is 4.79 Å². The molecule has 0 radical (unpaired) electrons. The molecule has 0 bridgehead atoms. The minimum atomic E-state index is 0.0649. The van der Waals surface area contributed by atoms with Crippen LogP contribution >= 0.6 is 11.3 Å². The first-order valence-electron chi connectivity index (χ1n) is 7.92. The molecule has 1 aliphatic heterocycles. The minimum absolute atomic E-state index is 0.0649. The lowest BCUT2D eigenvalue weighted by Crippen LogP contribution is -2.42. The summed E-state index contributed by atoms with van der Waals surface area (Å²) in [6.07, 6.45) is 8.51. The van der Waals surface area contributed by atoms with Gasteiger partial charge in [0.2, 0.25) is 5.91 Å². The molecule has 1 N–H and O–H groups in total. The third kappa shape index (κ3) is 3.31. The Balaban J connectivity index is 1.56. The smallest absolute Gasteiger partial charge is 0.237 e. The Bertz CT molecular complexity index is 617. The Morgan fingerprint density at radius 1 is 1.45 bits per heavy atom. The summed E-state index contributed by atoms with van der Waals surface area (Å²) in [5, 5.41) is 3.10. The predicted molar refractivity (Wildman–Crippen MR) is 90.8 cm³/mol. The van der Waals surface area contributed by atoms with E-state index >= 15 is 0 Å². The van der Waals surface area contributed by atoms with Crippen molar-refractivity contribution in [1.29, 1.82) is 0 Å². The van der Waals surface area contributed by atoms with Crippen LogP contribution in [-0.2, 0) is 4.79 Å². The number of aromatic nitrogens is 1. The largest absolute Gasteiger partial charge is 0.351 e. The highest BCUT2D eigenvalue weighted by atomic mass is 32.1. The molecule has 1 amide bonds. The number of likely N-dealkylation sites (N-methyl/N-ethyl adjacent to an activating group) is 1. The van der Waals surface area contributed by atoms with E-state index in [1.165, 1.54) is 16.0 Å². The fourth-order valence-corrected chi connectivity index (χ4v) is 4.05. The lowest BCUT2D eigenvalue weighted by Gasteiger charge is -2.20. The summed E-state index contributed by atoms with van der Waals surface area (Å²) in [5.74, 6) is 0.175. The number of amides is 1. The van der Waals surface area contributed by atoms with Crippen molar-refractivity contribution in [3.8, 4) is 0 Å². The second kappa shape index (κ2) is 6.75. The normalized spacial score (nSPS) is 22.4. The number of thiazole rings is 1. The summed E-state index contributed by atoms with van der Waals surface area (Å²) in [6.45, 7) is 3.76. The predicted octanol–water partition coefficient (Wildman–Crippen LogP) is 2.77. The fourth-order valence-electron chi connectivity index (χ4n) is 3.19. The molecule has 118 valence electrons. The standard InChI is InChI=1S/C17H23N3OS/c1-12-16(22-11-19-12)14-7-5-13(6-8-14)10-18-17(21)15-4-3-9-20(15)2/h5,7,11,15H,3-4,6,8-10H2,1-2H3,(H,18,21). The zero-order chi connectivity index (χ0) is 15.5. The molecule has 1 aliphatic carbocycles. The van der Waals surface area contributed by atoms with Crippen LogP contribution in [0.3, 0.4) is 0 Å². The monoisotopic (exact) mass is 317 g/mol. The van der Waals surface area contributed by atoms with Gasteiger partial charge in [-0.05, 0) is 51.8 Å². The molecule has 22 heavy (non-hydrogen) atoms. The SMILES string of the molecule is Cc1ncsc1C1=CC=C(CNC(=O)C2CCCN2C)CC1. The molecule has 0 saturated carbocycles. The molecular formula is C17H23N3OS. The molecular weight excluding hydrogens is 294 g/mol. The number of aryl methyl sites for hydroxylation is 1. The fraction of sp³-hybridized carbons (Fsp3) is 0.529. The van der Waals surface area contributed by atoms with Crippen LogP contribution in [0.4, 0.5) is 0 Å². The summed E-state index contributed by atoms with van der Waals surface area (Å²) in [4.78, 5) is 20.0. The molecule has 1 saturated heterocycles. The summed E-state index contributed by atoms with van der Waals surface area (Å²) in [7, 11) is 2.03. The summed E-state index contributed by atoms with van der Waals surface area (Å²) >= 11 is 1.71. The summed E-state index contributed by atoms with van der Waals surface area (Å²) in [5.41, 5.74) is 5.69. The lowest BCUT2D eigenvalue weighted by atomic mass is 9.96. The van der Waals surface area contributed by atoms with E-state index < -0.39 is 0 Å². The van der Waals surface area contributed by atoms with Gasteiger partial charge in [-0.1, -0.05) is 17.7 Å². The van der Waals surface area contributed by atoms with Crippen LogP contribution in [0.5, 0.6) is 0 Å². The average molecular weight is 317 g/mol. The molecule has 4 nitrogen and oxygen atoms in total. The second-order valence-electron chi connectivity index (χ2n) is 6.14. The van der Waals surface area contributed by atoms with Crippen molar-refractivity contribution in [3.63, 3.8) is 0 Å². The van der Waals surface area contributed by atoms with E-state index in [2.05, 4.69) is 34.3 Å². The molecule has 2 aliphatic rings. The van der Waals surface area contributed by atoms with E-state index in [-0.39, 0.29) is 11.9 Å². The van der Waals surface area contributed by atoms with Crippen molar-refractivity contribution in [2.45, 2.75) is 38.6 Å². The Hall–Kier alpha value is -1.46. The zero-order valence-corrected chi connectivity index (χ0v) is 14.1. The van der Waals surface area contributed by atoms with E-state index in [0.29, 0.717) is 6.54 Å². The number of hydrogen-bond acceptors (Lipinski definition) is 4. The average Bonchev–Trinajstić information content (AvgIpc) is 3.14. The first-order valence-corrected chi connectivity index (χ1v) is 8.80. The molecule has 5 heteroatoms. The quantitative estimate of drug-likeness (QED) is 0.929. The van der Waals surface area contributed by atoms with Gasteiger partial charge < -0.3 is 5.32 Å². The van der Waals surface area contributed by atoms with Gasteiger partial charge in [0.15, 0.2) is 0 Å². The lowest BCUT2D eigenvalue weighted by molar-refractivity contribution is -0.124. The number of rotatable bonds is 4. The molecule has 1 unspecified atom stereocenters. The maximum absolute atomic E-state index is 12.2. The van der Waals surface area contributed by atoms with Crippen molar-refractivity contribution in [1.82, 2.24) is 15.2 Å². The van der Waals surface area contributed by atoms with Crippen molar-refractivity contribution >= 4 is 22.8 Å².